The van der Waals surface area contributed by atoms with Crippen LogP contribution in [0.3, 0.4) is 0 Å². The summed E-state index contributed by atoms with van der Waals surface area (Å²) in [6, 6.07) is 9.71. The Morgan fingerprint density at radius 2 is 2.08 bits per heavy atom. The number of aromatic nitrogens is 2. The average Bonchev–Trinajstić information content (AvgIpc) is 2.53. The van der Waals surface area contributed by atoms with Crippen molar-refractivity contribution in [2.24, 2.45) is 0 Å². The van der Waals surface area contributed by atoms with E-state index >= 15 is 0 Å². The fourth-order valence-corrected chi connectivity index (χ4v) is 2.61. The van der Waals surface area contributed by atoms with E-state index in [0.717, 1.165) is 0 Å². The van der Waals surface area contributed by atoms with Crippen molar-refractivity contribution in [1.82, 2.24) is 10.2 Å². The van der Waals surface area contributed by atoms with E-state index < -0.39 is 17.3 Å². The van der Waals surface area contributed by atoms with Gasteiger partial charge in [-0.2, -0.15) is 5.26 Å². The molecular formula is C17H17N3O4. The van der Waals surface area contributed by atoms with Crippen LogP contribution in [0, 0.1) is 11.3 Å². The highest BCUT2D eigenvalue weighted by Gasteiger charge is 2.54. The first-order chi connectivity index (χ1) is 11.2. The second-order valence-corrected chi connectivity index (χ2v) is 6.38. The number of fused-ring (bicyclic) bond motifs is 1. The van der Waals surface area contributed by atoms with Gasteiger partial charge in [-0.25, -0.2) is 5.10 Å². The SMILES string of the molecule is CC1(C)Oc2ccc(C#N)cc2C(Oc2ccc(=O)[nH]n2)[C@]1(C)O. The monoisotopic (exact) mass is 327 g/mol. The molecule has 0 bridgehead atoms. The summed E-state index contributed by atoms with van der Waals surface area (Å²) in [6.45, 7) is 5.11. The molecule has 0 aliphatic carbocycles. The van der Waals surface area contributed by atoms with E-state index in [4.69, 9.17) is 14.7 Å². The Kier molecular flexibility index (Phi) is 3.57. The molecule has 0 radical (unpaired) electrons. The van der Waals surface area contributed by atoms with Gasteiger partial charge in [-0.15, -0.1) is 5.10 Å². The van der Waals surface area contributed by atoms with Crippen molar-refractivity contribution in [2.45, 2.75) is 38.1 Å². The summed E-state index contributed by atoms with van der Waals surface area (Å²) in [5.74, 6) is 0.686. The highest BCUT2D eigenvalue weighted by atomic mass is 16.6. The number of rotatable bonds is 2. The van der Waals surface area contributed by atoms with Crippen LogP contribution in [0.4, 0.5) is 0 Å². The highest BCUT2D eigenvalue weighted by Crippen LogP contribution is 2.48. The van der Waals surface area contributed by atoms with Gasteiger partial charge in [0.2, 0.25) is 5.88 Å². The lowest BCUT2D eigenvalue weighted by Gasteiger charge is -2.48. The molecule has 2 atom stereocenters. The summed E-state index contributed by atoms with van der Waals surface area (Å²) in [5.41, 5.74) is -1.73. The van der Waals surface area contributed by atoms with E-state index in [9.17, 15) is 9.90 Å². The number of hydrogen-bond acceptors (Lipinski definition) is 6. The lowest BCUT2D eigenvalue weighted by molar-refractivity contribution is -0.175. The van der Waals surface area contributed by atoms with Gasteiger partial charge in [-0.3, -0.25) is 4.79 Å². The Bertz CT molecular complexity index is 860. The van der Waals surface area contributed by atoms with Crippen LogP contribution in [0.5, 0.6) is 11.6 Å². The lowest BCUT2D eigenvalue weighted by atomic mass is 9.77. The summed E-state index contributed by atoms with van der Waals surface area (Å²) in [4.78, 5) is 11.1. The van der Waals surface area contributed by atoms with Gasteiger partial charge >= 0.3 is 0 Å². The number of nitrogens with one attached hydrogen (secondary N) is 1. The van der Waals surface area contributed by atoms with Gasteiger partial charge in [-0.1, -0.05) is 0 Å². The summed E-state index contributed by atoms with van der Waals surface area (Å²) in [6.07, 6.45) is -0.831. The molecule has 0 spiro atoms. The van der Waals surface area contributed by atoms with Crippen LogP contribution in [-0.4, -0.2) is 26.5 Å². The molecule has 0 fully saturated rings. The van der Waals surface area contributed by atoms with E-state index in [-0.39, 0.29) is 11.4 Å². The molecular weight excluding hydrogens is 310 g/mol. The minimum absolute atomic E-state index is 0.158. The summed E-state index contributed by atoms with van der Waals surface area (Å²) < 4.78 is 11.8. The Labute approximate surface area is 138 Å². The summed E-state index contributed by atoms with van der Waals surface area (Å²) in [7, 11) is 0. The fraction of sp³-hybridized carbons (Fsp3) is 0.353. The quantitative estimate of drug-likeness (QED) is 0.869. The molecule has 24 heavy (non-hydrogen) atoms. The lowest BCUT2D eigenvalue weighted by Crippen LogP contribution is -2.59. The van der Waals surface area contributed by atoms with Crippen molar-refractivity contribution in [2.75, 3.05) is 0 Å². The highest BCUT2D eigenvalue weighted by molar-refractivity contribution is 5.47. The standard InChI is InChI=1S/C17H17N3O4/c1-16(2)17(3,22)15(23-14-7-6-13(21)19-20-14)11-8-10(9-18)4-5-12(11)24-16/h4-8,15,22H,1-3H3,(H,19,21)/t15?,17-/m0/s1. The van der Waals surface area contributed by atoms with Gasteiger partial charge in [0.05, 0.1) is 11.6 Å². The molecule has 1 aliphatic heterocycles. The third-order valence-electron chi connectivity index (χ3n) is 4.41. The molecule has 0 saturated carbocycles. The van der Waals surface area contributed by atoms with E-state index in [1.165, 1.54) is 12.1 Å². The van der Waals surface area contributed by atoms with E-state index in [1.54, 1.807) is 39.0 Å². The maximum absolute atomic E-state index is 11.1. The minimum atomic E-state index is -1.41. The van der Waals surface area contributed by atoms with Crippen LogP contribution in [0.2, 0.25) is 0 Å². The summed E-state index contributed by atoms with van der Waals surface area (Å²) in [5, 5.41) is 26.3. The topological polar surface area (TPSA) is 108 Å². The number of nitriles is 1. The molecule has 1 aromatic heterocycles. The van der Waals surface area contributed by atoms with E-state index in [1.807, 2.05) is 0 Å². The first-order valence-corrected chi connectivity index (χ1v) is 7.42. The maximum atomic E-state index is 11.1. The van der Waals surface area contributed by atoms with E-state index in [0.29, 0.717) is 16.9 Å². The normalized spacial score (nSPS) is 24.4. The van der Waals surface area contributed by atoms with Gasteiger partial charge < -0.3 is 14.6 Å². The molecule has 0 saturated heterocycles. The largest absolute Gasteiger partial charge is 0.484 e. The maximum Gasteiger partial charge on any atom is 0.264 e. The van der Waals surface area contributed by atoms with Gasteiger partial charge in [0.15, 0.2) is 6.10 Å². The molecule has 3 rings (SSSR count). The van der Waals surface area contributed by atoms with Crippen molar-refractivity contribution in [3.8, 4) is 17.7 Å². The van der Waals surface area contributed by atoms with Crippen LogP contribution in [0.1, 0.15) is 38.0 Å². The molecule has 2 heterocycles. The Balaban J connectivity index is 2.11. The Hall–Kier alpha value is -2.85. The molecule has 7 nitrogen and oxygen atoms in total. The number of H-pyrrole nitrogens is 1. The van der Waals surface area contributed by atoms with Crippen molar-refractivity contribution >= 4 is 0 Å². The smallest absolute Gasteiger partial charge is 0.264 e. The van der Waals surface area contributed by atoms with Crippen LogP contribution in [-0.2, 0) is 0 Å². The third-order valence-corrected chi connectivity index (χ3v) is 4.41. The minimum Gasteiger partial charge on any atom is -0.484 e. The zero-order valence-corrected chi connectivity index (χ0v) is 13.5. The van der Waals surface area contributed by atoms with E-state index in [2.05, 4.69) is 16.3 Å². The first-order valence-electron chi connectivity index (χ1n) is 7.42. The number of nitrogens with zero attached hydrogens (tertiary/aromatic N) is 2. The number of benzene rings is 1. The molecule has 1 aromatic carbocycles. The molecule has 7 heteroatoms. The van der Waals surface area contributed by atoms with Gasteiger partial charge in [0.25, 0.3) is 5.56 Å². The Morgan fingerprint density at radius 3 is 2.71 bits per heavy atom. The van der Waals surface area contributed by atoms with Crippen molar-refractivity contribution in [3.05, 3.63) is 51.8 Å². The summed E-state index contributed by atoms with van der Waals surface area (Å²) >= 11 is 0. The Morgan fingerprint density at radius 1 is 1.33 bits per heavy atom. The van der Waals surface area contributed by atoms with Crippen molar-refractivity contribution in [1.29, 1.82) is 5.26 Å². The number of aliphatic hydroxyl groups is 1. The zero-order chi connectivity index (χ0) is 17.5. The van der Waals surface area contributed by atoms with Crippen molar-refractivity contribution in [3.63, 3.8) is 0 Å². The van der Waals surface area contributed by atoms with Gasteiger partial charge in [0, 0.05) is 17.7 Å². The second-order valence-electron chi connectivity index (χ2n) is 6.38. The zero-order valence-electron chi connectivity index (χ0n) is 13.5. The van der Waals surface area contributed by atoms with Crippen LogP contribution >= 0.6 is 0 Å². The molecule has 0 amide bonds. The molecule has 1 aliphatic rings. The third kappa shape index (κ3) is 2.51. The first kappa shape index (κ1) is 16.0. The van der Waals surface area contributed by atoms with Crippen LogP contribution < -0.4 is 15.0 Å². The predicted molar refractivity (Wildman–Crippen MR) is 84.7 cm³/mol. The van der Waals surface area contributed by atoms with Crippen molar-refractivity contribution < 1.29 is 14.6 Å². The van der Waals surface area contributed by atoms with Crippen LogP contribution in [0.25, 0.3) is 0 Å². The van der Waals surface area contributed by atoms with Gasteiger partial charge in [-0.05, 0) is 39.0 Å². The number of ether oxygens (including phenoxy) is 2. The molecule has 2 aromatic rings. The fourth-order valence-electron chi connectivity index (χ4n) is 2.61. The predicted octanol–water partition coefficient (Wildman–Crippen LogP) is 1.68. The number of aromatic amines is 1. The van der Waals surface area contributed by atoms with Crippen LogP contribution in [0.15, 0.2) is 35.1 Å². The van der Waals surface area contributed by atoms with Gasteiger partial charge in [0.1, 0.15) is 17.0 Å². The number of hydrogen-bond donors (Lipinski definition) is 2. The average molecular weight is 327 g/mol. The molecule has 1 unspecified atom stereocenters. The second kappa shape index (κ2) is 5.35. The molecule has 124 valence electrons. The molecule has 2 N–H and O–H groups in total.